The molecule has 1 aliphatic rings. The van der Waals surface area contributed by atoms with Gasteiger partial charge in [-0.3, -0.25) is 19.7 Å². The Kier molecular flexibility index (Phi) is 4.13. The Balaban J connectivity index is 1.56. The van der Waals surface area contributed by atoms with Gasteiger partial charge in [0.15, 0.2) is 22.4 Å². The Morgan fingerprint density at radius 2 is 1.52 bits per heavy atom. The fourth-order valence-corrected chi connectivity index (χ4v) is 3.12. The summed E-state index contributed by atoms with van der Waals surface area (Å²) in [7, 11) is 0. The SMILES string of the molecule is O=C(NC(=S)Nc1ccc2c(c1)C(=O)c1ccccc1C2=O)c1ccco1. The van der Waals surface area contributed by atoms with Crippen LogP contribution in [-0.2, 0) is 0 Å². The van der Waals surface area contributed by atoms with Crippen LogP contribution in [0.1, 0.15) is 42.4 Å². The van der Waals surface area contributed by atoms with Crippen LogP contribution in [0.4, 0.5) is 5.69 Å². The zero-order valence-corrected chi connectivity index (χ0v) is 14.6. The Hall–Kier alpha value is -3.58. The lowest BCUT2D eigenvalue weighted by Gasteiger charge is -2.18. The van der Waals surface area contributed by atoms with E-state index in [-0.39, 0.29) is 22.4 Å². The molecule has 0 fully saturated rings. The van der Waals surface area contributed by atoms with Crippen LogP contribution >= 0.6 is 12.2 Å². The van der Waals surface area contributed by atoms with E-state index in [1.807, 2.05) is 0 Å². The largest absolute Gasteiger partial charge is 0.459 e. The van der Waals surface area contributed by atoms with Gasteiger partial charge in [0.1, 0.15) is 0 Å². The predicted molar refractivity (Wildman–Crippen MR) is 102 cm³/mol. The molecule has 0 spiro atoms. The number of fused-ring (bicyclic) bond motifs is 2. The number of furan rings is 1. The molecule has 1 aromatic heterocycles. The van der Waals surface area contributed by atoms with E-state index in [9.17, 15) is 14.4 Å². The minimum atomic E-state index is -0.490. The fraction of sp³-hybridized carbons (Fsp3) is 0. The van der Waals surface area contributed by atoms with Gasteiger partial charge in [-0.1, -0.05) is 24.3 Å². The molecule has 2 aromatic carbocycles. The molecule has 2 N–H and O–H groups in total. The summed E-state index contributed by atoms with van der Waals surface area (Å²) < 4.78 is 5.00. The van der Waals surface area contributed by atoms with Crippen molar-refractivity contribution < 1.29 is 18.8 Å². The number of nitrogens with one attached hydrogen (secondary N) is 2. The molecule has 0 aliphatic heterocycles. The number of amides is 1. The normalized spacial score (nSPS) is 12.1. The third kappa shape index (κ3) is 3.04. The molecule has 1 aliphatic carbocycles. The zero-order valence-electron chi connectivity index (χ0n) is 13.8. The molecule has 0 unspecified atom stereocenters. The molecule has 0 saturated heterocycles. The molecular weight excluding hydrogens is 364 g/mol. The highest BCUT2D eigenvalue weighted by molar-refractivity contribution is 7.80. The van der Waals surface area contributed by atoms with E-state index in [1.54, 1.807) is 48.5 Å². The Morgan fingerprint density at radius 3 is 2.19 bits per heavy atom. The molecule has 3 aromatic rings. The predicted octanol–water partition coefficient (Wildman–Crippen LogP) is 3.18. The first kappa shape index (κ1) is 16.9. The molecule has 1 amide bonds. The van der Waals surface area contributed by atoms with E-state index in [0.29, 0.717) is 27.9 Å². The van der Waals surface area contributed by atoms with Crippen molar-refractivity contribution in [3.63, 3.8) is 0 Å². The minimum Gasteiger partial charge on any atom is -0.459 e. The Bertz CT molecular complexity index is 1100. The van der Waals surface area contributed by atoms with Crippen LogP contribution in [0.25, 0.3) is 0 Å². The summed E-state index contributed by atoms with van der Waals surface area (Å²) in [6, 6.07) is 14.6. The first-order valence-corrected chi connectivity index (χ1v) is 8.44. The minimum absolute atomic E-state index is 0.0475. The summed E-state index contributed by atoms with van der Waals surface area (Å²) in [6.45, 7) is 0. The van der Waals surface area contributed by atoms with Crippen molar-refractivity contribution >= 4 is 40.5 Å². The lowest BCUT2D eigenvalue weighted by molar-refractivity contribution is 0.0950. The summed E-state index contributed by atoms with van der Waals surface area (Å²) in [5, 5.41) is 5.37. The van der Waals surface area contributed by atoms with E-state index in [1.165, 1.54) is 12.3 Å². The summed E-state index contributed by atoms with van der Waals surface area (Å²) >= 11 is 5.12. The van der Waals surface area contributed by atoms with E-state index in [4.69, 9.17) is 16.6 Å². The molecule has 1 heterocycles. The number of carbonyl (C=O) groups is 3. The first-order chi connectivity index (χ1) is 13.0. The summed E-state index contributed by atoms with van der Waals surface area (Å²) in [4.78, 5) is 37.3. The van der Waals surface area contributed by atoms with Gasteiger partial charge in [-0.25, -0.2) is 0 Å². The maximum atomic E-state index is 12.7. The van der Waals surface area contributed by atoms with Gasteiger partial charge in [-0.05, 0) is 42.5 Å². The van der Waals surface area contributed by atoms with Crippen LogP contribution in [0.5, 0.6) is 0 Å². The third-order valence-corrected chi connectivity index (χ3v) is 4.36. The fourth-order valence-electron chi connectivity index (χ4n) is 2.91. The van der Waals surface area contributed by atoms with Crippen molar-refractivity contribution in [2.45, 2.75) is 0 Å². The highest BCUT2D eigenvalue weighted by atomic mass is 32.1. The molecule has 0 radical (unpaired) electrons. The van der Waals surface area contributed by atoms with Crippen molar-refractivity contribution in [3.05, 3.63) is 88.9 Å². The molecule has 0 bridgehead atoms. The number of carbonyl (C=O) groups excluding carboxylic acids is 3. The quantitative estimate of drug-likeness (QED) is 0.523. The van der Waals surface area contributed by atoms with Crippen molar-refractivity contribution in [1.82, 2.24) is 5.32 Å². The topological polar surface area (TPSA) is 88.4 Å². The Morgan fingerprint density at radius 1 is 0.852 bits per heavy atom. The van der Waals surface area contributed by atoms with Crippen molar-refractivity contribution in [2.75, 3.05) is 5.32 Å². The van der Waals surface area contributed by atoms with Crippen molar-refractivity contribution in [3.8, 4) is 0 Å². The van der Waals surface area contributed by atoms with E-state index < -0.39 is 5.91 Å². The van der Waals surface area contributed by atoms with Gasteiger partial charge in [-0.15, -0.1) is 0 Å². The van der Waals surface area contributed by atoms with Crippen molar-refractivity contribution in [1.29, 1.82) is 0 Å². The van der Waals surface area contributed by atoms with Crippen LogP contribution in [0.15, 0.2) is 65.3 Å². The highest BCUT2D eigenvalue weighted by Crippen LogP contribution is 2.29. The molecule has 4 rings (SSSR count). The molecule has 132 valence electrons. The maximum Gasteiger partial charge on any atom is 0.293 e. The van der Waals surface area contributed by atoms with E-state index in [2.05, 4.69) is 10.6 Å². The number of anilines is 1. The number of hydrogen-bond donors (Lipinski definition) is 2. The monoisotopic (exact) mass is 376 g/mol. The van der Waals surface area contributed by atoms with Gasteiger partial charge in [0.2, 0.25) is 0 Å². The van der Waals surface area contributed by atoms with Crippen LogP contribution in [0.2, 0.25) is 0 Å². The number of thiocarbonyl (C=S) groups is 1. The average molecular weight is 376 g/mol. The van der Waals surface area contributed by atoms with Gasteiger partial charge in [0.25, 0.3) is 5.91 Å². The highest BCUT2D eigenvalue weighted by Gasteiger charge is 2.29. The van der Waals surface area contributed by atoms with E-state index in [0.717, 1.165) is 0 Å². The second-order valence-electron chi connectivity index (χ2n) is 5.85. The number of benzene rings is 2. The standard InChI is InChI=1S/C20H12N2O4S/c23-17-12-4-1-2-5-13(12)18(24)15-10-11(7-8-14(15)17)21-20(27)22-19(25)16-6-3-9-26-16/h1-10H,(H2,21,22,25,27). The van der Waals surface area contributed by atoms with E-state index >= 15 is 0 Å². The maximum absolute atomic E-state index is 12.7. The lowest BCUT2D eigenvalue weighted by atomic mass is 9.84. The second kappa shape index (κ2) is 6.62. The molecular formula is C20H12N2O4S. The van der Waals surface area contributed by atoms with Crippen LogP contribution in [0.3, 0.4) is 0 Å². The molecule has 7 heteroatoms. The summed E-state index contributed by atoms with van der Waals surface area (Å²) in [6.07, 6.45) is 1.38. The van der Waals surface area contributed by atoms with Gasteiger partial charge < -0.3 is 9.73 Å². The third-order valence-electron chi connectivity index (χ3n) is 4.16. The zero-order chi connectivity index (χ0) is 19.0. The van der Waals surface area contributed by atoms with Gasteiger partial charge >= 0.3 is 0 Å². The van der Waals surface area contributed by atoms with Crippen LogP contribution in [-0.4, -0.2) is 22.6 Å². The summed E-state index contributed by atoms with van der Waals surface area (Å²) in [5.74, 6) is -0.785. The molecule has 0 saturated carbocycles. The smallest absolute Gasteiger partial charge is 0.293 e. The number of rotatable bonds is 2. The van der Waals surface area contributed by atoms with Crippen LogP contribution < -0.4 is 10.6 Å². The van der Waals surface area contributed by atoms with Gasteiger partial charge in [-0.2, -0.15) is 0 Å². The number of ketones is 2. The number of hydrogen-bond acceptors (Lipinski definition) is 5. The Labute approximate surface area is 159 Å². The first-order valence-electron chi connectivity index (χ1n) is 8.03. The van der Waals surface area contributed by atoms with Crippen molar-refractivity contribution in [2.24, 2.45) is 0 Å². The average Bonchev–Trinajstić information content (AvgIpc) is 3.21. The van der Waals surface area contributed by atoms with Crippen LogP contribution in [0, 0.1) is 0 Å². The molecule has 6 nitrogen and oxygen atoms in total. The van der Waals surface area contributed by atoms with Gasteiger partial charge in [0.05, 0.1) is 6.26 Å². The lowest BCUT2D eigenvalue weighted by Crippen LogP contribution is -2.34. The van der Waals surface area contributed by atoms with Gasteiger partial charge in [0, 0.05) is 27.9 Å². The summed E-state index contributed by atoms with van der Waals surface area (Å²) in [5.41, 5.74) is 1.90. The second-order valence-corrected chi connectivity index (χ2v) is 6.26. The molecule has 27 heavy (non-hydrogen) atoms. The molecule has 0 atom stereocenters.